The molecule has 0 fully saturated rings. The van der Waals surface area contributed by atoms with Gasteiger partial charge in [-0.1, -0.05) is 117 Å². The van der Waals surface area contributed by atoms with Crippen molar-refractivity contribution in [1.82, 2.24) is 0 Å². The summed E-state index contributed by atoms with van der Waals surface area (Å²) in [5.41, 5.74) is 57.9. The van der Waals surface area contributed by atoms with E-state index in [0.29, 0.717) is 33.4 Å². The molecular formula is C42H36N21O6P3. The Balaban J connectivity index is 1.55. The largest absolute Gasteiger partial charge is 0.460 e. The van der Waals surface area contributed by atoms with Crippen molar-refractivity contribution < 1.29 is 27.1 Å². The molecule has 6 aromatic carbocycles. The fraction of sp³-hybridized carbons (Fsp3) is 0.143. The van der Waals surface area contributed by atoms with E-state index in [1.54, 1.807) is 146 Å². The molecule has 0 radical (unpaired) electrons. The van der Waals surface area contributed by atoms with E-state index >= 15 is 0 Å². The average molecular weight is 1020 g/mol. The summed E-state index contributed by atoms with van der Waals surface area (Å²) < 4.78 is 56.9. The highest BCUT2D eigenvalue weighted by atomic mass is 31.3. The van der Waals surface area contributed by atoms with Crippen molar-refractivity contribution in [1.29, 1.82) is 0 Å². The van der Waals surface area contributed by atoms with Gasteiger partial charge >= 0.3 is 23.0 Å². The quantitative estimate of drug-likeness (QED) is 0.0245. The molecule has 1 aliphatic rings. The second-order valence-electron chi connectivity index (χ2n) is 14.5. The van der Waals surface area contributed by atoms with Gasteiger partial charge in [-0.05, 0) is 139 Å². The van der Waals surface area contributed by atoms with Crippen LogP contribution in [0.1, 0.15) is 33.4 Å². The second-order valence-corrected chi connectivity index (χ2v) is 20.7. The molecule has 1 heterocycles. The number of hydrogen-bond acceptors (Lipinski definition) is 15. The molecule has 1 aliphatic heterocycles. The molecule has 0 N–H and O–H groups in total. The van der Waals surface area contributed by atoms with Crippen molar-refractivity contribution in [2.45, 2.75) is 39.3 Å². The molecule has 0 saturated carbocycles. The van der Waals surface area contributed by atoms with E-state index in [2.05, 4.69) is 60.2 Å². The highest BCUT2D eigenvalue weighted by molar-refractivity contribution is 7.79. The lowest BCUT2D eigenvalue weighted by Crippen LogP contribution is -2.11. The monoisotopic (exact) mass is 1020 g/mol. The minimum atomic E-state index is -4.42. The zero-order valence-corrected chi connectivity index (χ0v) is 40.0. The van der Waals surface area contributed by atoms with E-state index in [1.807, 2.05) is 0 Å². The zero-order valence-electron chi connectivity index (χ0n) is 37.3. The first-order valence-corrected chi connectivity index (χ1v) is 25.5. The molecule has 0 bridgehead atoms. The van der Waals surface area contributed by atoms with Crippen LogP contribution in [0.5, 0.6) is 34.5 Å². The third-order valence-electron chi connectivity index (χ3n) is 9.46. The van der Waals surface area contributed by atoms with Crippen LogP contribution in [0.3, 0.4) is 0 Å². The summed E-state index contributed by atoms with van der Waals surface area (Å²) in [6, 6.07) is 39.4. The van der Waals surface area contributed by atoms with E-state index in [-0.39, 0.29) is 73.8 Å². The Morgan fingerprint density at radius 2 is 0.403 bits per heavy atom. The number of hydrogen-bond donors (Lipinski definition) is 0. The normalized spacial score (nSPS) is 17.2. The summed E-state index contributed by atoms with van der Waals surface area (Å²) in [7, 11) is -13.3. The van der Waals surface area contributed by atoms with Crippen LogP contribution >= 0.6 is 23.0 Å². The summed E-state index contributed by atoms with van der Waals surface area (Å²) in [5.74, 6) is 1.05. The Labute approximate surface area is 408 Å². The molecular weight excluding hydrogens is 988 g/mol. The molecule has 0 aliphatic carbocycles. The maximum absolute atomic E-state index is 9.00. The van der Waals surface area contributed by atoms with Crippen LogP contribution in [0.4, 0.5) is 0 Å². The molecule has 30 heteroatoms. The fourth-order valence-corrected chi connectivity index (χ4v) is 15.3. The number of nitrogens with zero attached hydrogens (tertiary/aromatic N) is 21. The number of benzene rings is 6. The van der Waals surface area contributed by atoms with Gasteiger partial charge in [0.1, 0.15) is 34.5 Å². The van der Waals surface area contributed by atoms with Gasteiger partial charge in [0.2, 0.25) is 0 Å². The average Bonchev–Trinajstić information content (AvgIpc) is 3.39. The topological polar surface area (TPSA) is 385 Å². The zero-order chi connectivity index (χ0) is 50.5. The Hall–Kier alpha value is -9.33. The third-order valence-corrected chi connectivity index (χ3v) is 17.6. The maximum Gasteiger partial charge on any atom is 0.460 e. The molecule has 0 amide bonds. The van der Waals surface area contributed by atoms with Crippen molar-refractivity contribution in [2.75, 3.05) is 0 Å². The minimum Gasteiger partial charge on any atom is -0.413 e. The number of rotatable bonds is 24. The Morgan fingerprint density at radius 3 is 0.528 bits per heavy atom. The first-order chi connectivity index (χ1) is 35.2. The molecule has 27 nitrogen and oxygen atoms in total. The SMILES string of the molecule is [N-]=[N+]=NCc1ccc(OP2(Oc3ccc(CN=[N+]=[N-])cc3)=NP(Oc3ccc(CN=[N+]=[N-])cc3)(Oc3ccc(CN=[N+]=[N-])cc3)=NP(Oc3ccc(CN=[N+]=[N-])cc3)(Oc3ccc(CN=[N+]=[N-])cc3)=N2)cc1. The van der Waals surface area contributed by atoms with Gasteiger partial charge in [-0.3, -0.25) is 0 Å². The number of azide groups is 6. The van der Waals surface area contributed by atoms with Crippen molar-refractivity contribution in [3.05, 3.63) is 242 Å². The Morgan fingerprint density at radius 1 is 0.264 bits per heavy atom. The van der Waals surface area contributed by atoms with E-state index in [1.165, 1.54) is 0 Å². The van der Waals surface area contributed by atoms with E-state index in [4.69, 9.17) is 73.9 Å². The summed E-state index contributed by atoms with van der Waals surface area (Å²) in [5, 5.41) is 22.0. The van der Waals surface area contributed by atoms with Gasteiger partial charge in [-0.2, -0.15) is 0 Å². The minimum absolute atomic E-state index is 0.0443. The van der Waals surface area contributed by atoms with E-state index in [9.17, 15) is 0 Å². The van der Waals surface area contributed by atoms with Crippen molar-refractivity contribution >= 4 is 23.0 Å². The lowest BCUT2D eigenvalue weighted by Gasteiger charge is -2.33. The first kappa shape index (κ1) is 50.5. The summed E-state index contributed by atoms with van der Waals surface area (Å²) >= 11 is 0. The Kier molecular flexibility index (Phi) is 17.4. The van der Waals surface area contributed by atoms with Crippen LogP contribution in [0, 0.1) is 0 Å². The van der Waals surface area contributed by atoms with Crippen LogP contribution < -0.4 is 27.1 Å². The Bertz CT molecular complexity index is 2780. The lowest BCUT2D eigenvalue weighted by molar-refractivity contribution is 0.443. The first-order valence-electron chi connectivity index (χ1n) is 20.9. The summed E-state index contributed by atoms with van der Waals surface area (Å²) in [4.78, 5) is 17.2. The van der Waals surface area contributed by atoms with E-state index in [0.717, 1.165) is 0 Å². The van der Waals surface area contributed by atoms with Crippen LogP contribution in [0.2, 0.25) is 0 Å². The van der Waals surface area contributed by atoms with Gasteiger partial charge in [0.25, 0.3) is 0 Å². The standard InChI is InChI=1S/C42H36N21O6P3/c43-55-49-25-31-1-13-37(14-2-31)64-70(65-38-15-3-32(4-16-38)26-50-56-44)61-71(66-39-17-5-33(6-18-39)27-51-57-45,67-40-19-7-34(8-20-40)28-52-58-46)63-72(62-70,68-41-21-9-35(10-22-41)29-53-59-47)69-42-23-11-36(12-24-42)30-54-60-48/h1-24H,25-30H2. The summed E-state index contributed by atoms with van der Waals surface area (Å²) in [6.07, 6.45) is 0. The predicted octanol–water partition coefficient (Wildman–Crippen LogP) is 17.2. The molecule has 0 atom stereocenters. The maximum atomic E-state index is 9.00. The highest BCUT2D eigenvalue weighted by Gasteiger charge is 2.49. The second kappa shape index (κ2) is 24.8. The summed E-state index contributed by atoms with van der Waals surface area (Å²) in [6.45, 7) is 0.266. The predicted molar refractivity (Wildman–Crippen MR) is 268 cm³/mol. The van der Waals surface area contributed by atoms with Crippen LogP contribution in [-0.2, 0) is 39.3 Å². The van der Waals surface area contributed by atoms with Crippen LogP contribution in [0.25, 0.3) is 62.7 Å². The highest BCUT2D eigenvalue weighted by Crippen LogP contribution is 2.78. The van der Waals surface area contributed by atoms with Crippen molar-refractivity contribution in [2.24, 2.45) is 44.2 Å². The van der Waals surface area contributed by atoms with Gasteiger partial charge in [0.05, 0.1) is 39.3 Å². The van der Waals surface area contributed by atoms with Gasteiger partial charge in [0.15, 0.2) is 0 Å². The molecule has 0 unspecified atom stereocenters. The van der Waals surface area contributed by atoms with Gasteiger partial charge in [0, 0.05) is 29.5 Å². The molecule has 0 aromatic heterocycles. The fourth-order valence-electron chi connectivity index (χ4n) is 6.20. The molecule has 72 heavy (non-hydrogen) atoms. The van der Waals surface area contributed by atoms with Crippen LogP contribution in [-0.4, -0.2) is 0 Å². The van der Waals surface area contributed by atoms with Gasteiger partial charge < -0.3 is 27.1 Å². The van der Waals surface area contributed by atoms with Crippen LogP contribution in [0.15, 0.2) is 190 Å². The van der Waals surface area contributed by atoms with Gasteiger partial charge in [-0.15, -0.1) is 0 Å². The molecule has 360 valence electrons. The van der Waals surface area contributed by atoms with Gasteiger partial charge in [-0.25, -0.2) is 0 Å². The smallest absolute Gasteiger partial charge is 0.413 e. The molecule has 0 spiro atoms. The van der Waals surface area contributed by atoms with Crippen molar-refractivity contribution in [3.8, 4) is 34.5 Å². The lowest BCUT2D eigenvalue weighted by atomic mass is 10.2. The molecule has 0 saturated heterocycles. The van der Waals surface area contributed by atoms with E-state index < -0.39 is 23.0 Å². The van der Waals surface area contributed by atoms with Crippen molar-refractivity contribution in [3.63, 3.8) is 0 Å². The molecule has 7 rings (SSSR count). The molecule has 6 aromatic rings. The third kappa shape index (κ3) is 14.4.